The molecular weight excluding hydrogens is 348 g/mol. The minimum atomic E-state index is 0.0349. The van der Waals surface area contributed by atoms with E-state index in [0.29, 0.717) is 12.3 Å². The summed E-state index contributed by atoms with van der Waals surface area (Å²) < 4.78 is 11.5. The highest BCUT2D eigenvalue weighted by atomic mass is 32.1. The molecule has 3 rings (SSSR count). The molecule has 1 saturated heterocycles. The number of carbonyl (C=O) groups excluding carboxylic acids is 1. The Labute approximate surface area is 159 Å². The van der Waals surface area contributed by atoms with Crippen molar-refractivity contribution >= 4 is 17.2 Å². The fourth-order valence-corrected chi connectivity index (χ4v) is 4.38. The molecular formula is C20H28N2O3S. The second-order valence-electron chi connectivity index (χ2n) is 7.01. The maximum atomic E-state index is 12.4. The SMILES string of the molecule is CCC(CC)[C@H]1C[C@H](NC(=O)Cc2csc(-c3ccc(C)o3)n2)CCO1. The van der Waals surface area contributed by atoms with Crippen molar-refractivity contribution in [2.75, 3.05) is 6.61 Å². The van der Waals surface area contributed by atoms with Crippen LogP contribution in [0.25, 0.3) is 10.8 Å². The smallest absolute Gasteiger partial charge is 0.226 e. The summed E-state index contributed by atoms with van der Waals surface area (Å²) >= 11 is 1.51. The Bertz CT molecular complexity index is 720. The fraction of sp³-hybridized carbons (Fsp3) is 0.600. The van der Waals surface area contributed by atoms with Crippen molar-refractivity contribution < 1.29 is 13.9 Å². The van der Waals surface area contributed by atoms with Gasteiger partial charge in [0, 0.05) is 18.0 Å². The molecule has 1 fully saturated rings. The van der Waals surface area contributed by atoms with Crippen LogP contribution in [0.2, 0.25) is 0 Å². The van der Waals surface area contributed by atoms with Crippen molar-refractivity contribution in [2.24, 2.45) is 5.92 Å². The molecule has 5 nitrogen and oxygen atoms in total. The van der Waals surface area contributed by atoms with Crippen LogP contribution in [0.3, 0.4) is 0 Å². The van der Waals surface area contributed by atoms with E-state index in [2.05, 4.69) is 24.1 Å². The standard InChI is InChI=1S/C20H28N2O3S/c1-4-14(5-2)18-10-15(8-9-24-18)21-19(23)11-16-12-26-20(22-16)17-7-6-13(3)25-17/h6-7,12,14-15,18H,4-5,8-11H2,1-3H3,(H,21,23)/t15-,18-/m1/s1. The van der Waals surface area contributed by atoms with Crippen LogP contribution < -0.4 is 5.32 Å². The molecule has 2 aromatic heterocycles. The third-order valence-corrected chi connectivity index (χ3v) is 6.00. The molecule has 142 valence electrons. The highest BCUT2D eigenvalue weighted by Gasteiger charge is 2.28. The van der Waals surface area contributed by atoms with Gasteiger partial charge >= 0.3 is 0 Å². The summed E-state index contributed by atoms with van der Waals surface area (Å²) in [5.74, 6) is 2.23. The molecule has 2 atom stereocenters. The summed E-state index contributed by atoms with van der Waals surface area (Å²) in [7, 11) is 0. The first-order chi connectivity index (χ1) is 12.6. The largest absolute Gasteiger partial charge is 0.459 e. The molecule has 0 radical (unpaired) electrons. The zero-order chi connectivity index (χ0) is 18.5. The van der Waals surface area contributed by atoms with Crippen molar-refractivity contribution in [3.05, 3.63) is 29.0 Å². The van der Waals surface area contributed by atoms with E-state index in [0.717, 1.165) is 54.5 Å². The number of nitrogens with one attached hydrogen (secondary N) is 1. The van der Waals surface area contributed by atoms with Crippen molar-refractivity contribution in [1.29, 1.82) is 0 Å². The van der Waals surface area contributed by atoms with Crippen molar-refractivity contribution in [1.82, 2.24) is 10.3 Å². The van der Waals surface area contributed by atoms with Gasteiger partial charge in [0.25, 0.3) is 0 Å². The molecule has 6 heteroatoms. The first-order valence-electron chi connectivity index (χ1n) is 9.51. The lowest BCUT2D eigenvalue weighted by molar-refractivity contribution is -0.122. The molecule has 1 amide bonds. The first-order valence-corrected chi connectivity index (χ1v) is 10.4. The number of hydrogen-bond acceptors (Lipinski definition) is 5. The minimum Gasteiger partial charge on any atom is -0.459 e. The van der Waals surface area contributed by atoms with Gasteiger partial charge in [0.1, 0.15) is 5.76 Å². The van der Waals surface area contributed by atoms with Crippen LogP contribution in [0.1, 0.15) is 51.0 Å². The van der Waals surface area contributed by atoms with Crippen LogP contribution >= 0.6 is 11.3 Å². The lowest BCUT2D eigenvalue weighted by atomic mass is 9.89. The highest BCUT2D eigenvalue weighted by Crippen LogP contribution is 2.27. The van der Waals surface area contributed by atoms with Gasteiger partial charge in [-0.3, -0.25) is 4.79 Å². The Kier molecular flexibility index (Phi) is 6.48. The van der Waals surface area contributed by atoms with Crippen LogP contribution in [-0.4, -0.2) is 29.6 Å². The number of aromatic nitrogens is 1. The van der Waals surface area contributed by atoms with Crippen LogP contribution in [0.4, 0.5) is 0 Å². The molecule has 0 aliphatic carbocycles. The second-order valence-corrected chi connectivity index (χ2v) is 7.86. The van der Waals surface area contributed by atoms with Crippen LogP contribution in [0.15, 0.2) is 21.9 Å². The normalized spacial score (nSPS) is 20.5. The van der Waals surface area contributed by atoms with Crippen molar-refractivity contribution in [3.63, 3.8) is 0 Å². The number of hydrogen-bond donors (Lipinski definition) is 1. The van der Waals surface area contributed by atoms with Gasteiger partial charge in [0.05, 0.1) is 18.2 Å². The Morgan fingerprint density at radius 1 is 1.38 bits per heavy atom. The topological polar surface area (TPSA) is 64.4 Å². The molecule has 3 heterocycles. The van der Waals surface area contributed by atoms with Gasteiger partial charge in [-0.2, -0.15) is 0 Å². The van der Waals surface area contributed by atoms with E-state index in [-0.39, 0.29) is 18.1 Å². The molecule has 0 bridgehead atoms. The van der Waals surface area contributed by atoms with Crippen LogP contribution in [0.5, 0.6) is 0 Å². The molecule has 1 N–H and O–H groups in total. The van der Waals surface area contributed by atoms with E-state index < -0.39 is 0 Å². The number of aryl methyl sites for hydroxylation is 1. The summed E-state index contributed by atoms with van der Waals surface area (Å²) in [4.78, 5) is 17.0. The van der Waals surface area contributed by atoms with E-state index in [1.165, 1.54) is 11.3 Å². The number of ether oxygens (including phenoxy) is 1. The van der Waals surface area contributed by atoms with Gasteiger partial charge in [0.15, 0.2) is 10.8 Å². The quantitative estimate of drug-likeness (QED) is 0.780. The number of carbonyl (C=O) groups is 1. The fourth-order valence-electron chi connectivity index (χ4n) is 3.60. The lowest BCUT2D eigenvalue weighted by Crippen LogP contribution is -2.44. The van der Waals surface area contributed by atoms with Crippen molar-refractivity contribution in [2.45, 2.75) is 65.0 Å². The third-order valence-electron chi connectivity index (χ3n) is 5.10. The number of furan rings is 1. The van der Waals surface area contributed by atoms with Gasteiger partial charge in [-0.25, -0.2) is 4.98 Å². The average Bonchev–Trinajstić information content (AvgIpc) is 3.25. The van der Waals surface area contributed by atoms with Gasteiger partial charge < -0.3 is 14.5 Å². The first kappa shape index (κ1) is 19.1. The zero-order valence-electron chi connectivity index (χ0n) is 15.8. The third kappa shape index (κ3) is 4.74. The monoisotopic (exact) mass is 376 g/mol. The molecule has 1 aliphatic heterocycles. The summed E-state index contributed by atoms with van der Waals surface area (Å²) in [6.45, 7) is 7.05. The van der Waals surface area contributed by atoms with Gasteiger partial charge in [0.2, 0.25) is 5.91 Å². The predicted octanol–water partition coefficient (Wildman–Crippen LogP) is 4.35. The van der Waals surface area contributed by atoms with Gasteiger partial charge in [-0.05, 0) is 37.8 Å². The predicted molar refractivity (Wildman–Crippen MR) is 103 cm³/mol. The summed E-state index contributed by atoms with van der Waals surface area (Å²) in [6, 6.07) is 4.04. The van der Waals surface area contributed by atoms with Crippen molar-refractivity contribution in [3.8, 4) is 10.8 Å². The number of amides is 1. The number of nitrogens with zero attached hydrogens (tertiary/aromatic N) is 1. The van der Waals surface area contributed by atoms with Crippen LogP contribution in [0, 0.1) is 12.8 Å². The van der Waals surface area contributed by atoms with E-state index in [1.807, 2.05) is 24.4 Å². The zero-order valence-corrected chi connectivity index (χ0v) is 16.6. The molecule has 26 heavy (non-hydrogen) atoms. The Morgan fingerprint density at radius 3 is 2.88 bits per heavy atom. The minimum absolute atomic E-state index is 0.0349. The molecule has 1 aliphatic rings. The van der Waals surface area contributed by atoms with E-state index in [1.54, 1.807) is 0 Å². The maximum absolute atomic E-state index is 12.4. The number of thiazole rings is 1. The Balaban J connectivity index is 1.53. The highest BCUT2D eigenvalue weighted by molar-refractivity contribution is 7.13. The van der Waals surface area contributed by atoms with E-state index >= 15 is 0 Å². The van der Waals surface area contributed by atoms with E-state index in [4.69, 9.17) is 9.15 Å². The summed E-state index contributed by atoms with van der Waals surface area (Å²) in [6.07, 6.45) is 4.61. The van der Waals surface area contributed by atoms with Gasteiger partial charge in [-0.15, -0.1) is 11.3 Å². The Morgan fingerprint density at radius 2 is 2.19 bits per heavy atom. The van der Waals surface area contributed by atoms with Crippen LogP contribution in [-0.2, 0) is 16.0 Å². The molecule has 0 aromatic carbocycles. The second kappa shape index (κ2) is 8.82. The number of rotatable bonds is 7. The molecule has 2 aromatic rings. The molecule has 0 saturated carbocycles. The molecule has 0 spiro atoms. The van der Waals surface area contributed by atoms with Gasteiger partial charge in [-0.1, -0.05) is 26.7 Å². The maximum Gasteiger partial charge on any atom is 0.226 e. The summed E-state index contributed by atoms with van der Waals surface area (Å²) in [5.41, 5.74) is 0.792. The lowest BCUT2D eigenvalue weighted by Gasteiger charge is -2.34. The van der Waals surface area contributed by atoms with E-state index in [9.17, 15) is 4.79 Å². The Hall–Kier alpha value is -1.66. The average molecular weight is 377 g/mol. The summed E-state index contributed by atoms with van der Waals surface area (Å²) in [5, 5.41) is 5.93. The molecule has 0 unspecified atom stereocenters.